The largest absolute Gasteiger partial charge is 0.268 e. The van der Waals surface area contributed by atoms with Crippen LogP contribution in [0.2, 0.25) is 5.02 Å². The predicted octanol–water partition coefficient (Wildman–Crippen LogP) is 6.36. The number of hydrazine groups is 1. The summed E-state index contributed by atoms with van der Waals surface area (Å²) in [5.41, 5.74) is 2.71. The molecule has 1 aliphatic heterocycles. The van der Waals surface area contributed by atoms with Gasteiger partial charge >= 0.3 is 0 Å². The van der Waals surface area contributed by atoms with E-state index in [9.17, 15) is 0 Å². The summed E-state index contributed by atoms with van der Waals surface area (Å²) in [6, 6.07) is 27.8. The molecule has 0 saturated carbocycles. The zero-order chi connectivity index (χ0) is 19.3. The maximum Gasteiger partial charge on any atom is 0.0521 e. The van der Waals surface area contributed by atoms with Gasteiger partial charge in [0.1, 0.15) is 0 Å². The summed E-state index contributed by atoms with van der Waals surface area (Å²) in [5.74, 6) is 6.95. The molecule has 3 aromatic carbocycles. The van der Waals surface area contributed by atoms with Gasteiger partial charge in [-0.05, 0) is 66.6 Å². The lowest BCUT2D eigenvalue weighted by molar-refractivity contribution is 0.0923. The third-order valence-corrected chi connectivity index (χ3v) is 6.81. The number of hydrogen-bond donors (Lipinski definition) is 1. The van der Waals surface area contributed by atoms with Crippen molar-refractivity contribution < 1.29 is 0 Å². The van der Waals surface area contributed by atoms with Crippen molar-refractivity contribution in [1.29, 1.82) is 0 Å². The van der Waals surface area contributed by atoms with Gasteiger partial charge in [-0.15, -0.1) is 0 Å². The average molecular weight is 409 g/mol. The van der Waals surface area contributed by atoms with Crippen molar-refractivity contribution in [2.45, 2.75) is 35.1 Å². The van der Waals surface area contributed by atoms with Crippen molar-refractivity contribution in [1.82, 2.24) is 5.01 Å². The second-order valence-corrected chi connectivity index (χ2v) is 8.92. The minimum absolute atomic E-state index is 0.267. The number of piperidine rings is 1. The van der Waals surface area contributed by atoms with Crippen LogP contribution < -0.4 is 5.84 Å². The van der Waals surface area contributed by atoms with Crippen LogP contribution in [0.3, 0.4) is 0 Å². The van der Waals surface area contributed by atoms with Crippen LogP contribution >= 0.6 is 23.4 Å². The third-order valence-electron chi connectivity index (χ3n) is 5.43. The Morgan fingerprint density at radius 1 is 0.929 bits per heavy atom. The van der Waals surface area contributed by atoms with Crippen LogP contribution in [0.15, 0.2) is 88.7 Å². The molecule has 0 bridgehead atoms. The zero-order valence-corrected chi connectivity index (χ0v) is 17.4. The van der Waals surface area contributed by atoms with Crippen molar-refractivity contribution in [3.05, 3.63) is 95.0 Å². The van der Waals surface area contributed by atoms with Gasteiger partial charge in [0.05, 0.1) is 6.04 Å². The van der Waals surface area contributed by atoms with Crippen molar-refractivity contribution in [2.24, 2.45) is 11.8 Å². The van der Waals surface area contributed by atoms with E-state index in [0.717, 1.165) is 24.4 Å². The molecule has 4 rings (SSSR count). The SMILES string of the molecule is NN1CCC[C@@H](Cc2ccccc2Sc2ccc(Cl)cc2)[C@H]1c1ccccc1. The smallest absolute Gasteiger partial charge is 0.0521 e. The second kappa shape index (κ2) is 9.15. The summed E-state index contributed by atoms with van der Waals surface area (Å²) >= 11 is 7.84. The quantitative estimate of drug-likeness (QED) is 0.498. The Morgan fingerprint density at radius 2 is 1.64 bits per heavy atom. The molecule has 1 fully saturated rings. The van der Waals surface area contributed by atoms with Crippen LogP contribution in [0.1, 0.15) is 30.0 Å². The fraction of sp³-hybridized carbons (Fsp3) is 0.250. The molecule has 2 nitrogen and oxygen atoms in total. The number of halogens is 1. The Labute approximate surface area is 176 Å². The molecule has 3 aromatic rings. The number of hydrogen-bond acceptors (Lipinski definition) is 3. The minimum atomic E-state index is 0.267. The van der Waals surface area contributed by atoms with E-state index in [1.165, 1.54) is 27.3 Å². The van der Waals surface area contributed by atoms with Crippen molar-refractivity contribution in [3.8, 4) is 0 Å². The topological polar surface area (TPSA) is 29.3 Å². The molecular weight excluding hydrogens is 384 g/mol. The van der Waals surface area contributed by atoms with Crippen LogP contribution in [-0.2, 0) is 6.42 Å². The molecule has 0 unspecified atom stereocenters. The van der Waals surface area contributed by atoms with Gasteiger partial charge in [-0.2, -0.15) is 0 Å². The first kappa shape index (κ1) is 19.5. The highest BCUT2D eigenvalue weighted by atomic mass is 35.5. The molecule has 2 N–H and O–H groups in total. The van der Waals surface area contributed by atoms with Crippen LogP contribution in [0.5, 0.6) is 0 Å². The maximum absolute atomic E-state index is 6.45. The number of rotatable bonds is 5. The standard InChI is InChI=1S/C24H25ClN2S/c25-21-12-14-22(15-13-21)28-23-11-5-4-9-19(23)17-20-10-6-16-27(26)24(20)18-7-2-1-3-8-18/h1-5,7-9,11-15,20,24H,6,10,16-17,26H2/t20-,24+/m0/s1. The molecule has 0 aromatic heterocycles. The van der Waals surface area contributed by atoms with E-state index in [-0.39, 0.29) is 6.04 Å². The molecule has 0 spiro atoms. The molecule has 28 heavy (non-hydrogen) atoms. The highest BCUT2D eigenvalue weighted by molar-refractivity contribution is 7.99. The molecule has 0 radical (unpaired) electrons. The highest BCUT2D eigenvalue weighted by Gasteiger charge is 2.31. The van der Waals surface area contributed by atoms with Crippen molar-refractivity contribution in [2.75, 3.05) is 6.54 Å². The molecule has 1 heterocycles. The summed E-state index contributed by atoms with van der Waals surface area (Å²) in [6.45, 7) is 0.956. The third kappa shape index (κ3) is 4.61. The van der Waals surface area contributed by atoms with E-state index in [0.29, 0.717) is 5.92 Å². The van der Waals surface area contributed by atoms with Gasteiger partial charge < -0.3 is 0 Å². The van der Waals surface area contributed by atoms with Gasteiger partial charge in [0.15, 0.2) is 0 Å². The molecule has 2 atom stereocenters. The molecule has 4 heteroatoms. The molecule has 1 aliphatic rings. The fourth-order valence-electron chi connectivity index (χ4n) is 4.12. The Morgan fingerprint density at radius 3 is 2.43 bits per heavy atom. The normalized spacial score (nSPS) is 20.2. The number of nitrogens with zero attached hydrogens (tertiary/aromatic N) is 1. The lowest BCUT2D eigenvalue weighted by Crippen LogP contribution is -2.44. The summed E-state index contributed by atoms with van der Waals surface area (Å²) in [5, 5.41) is 2.81. The summed E-state index contributed by atoms with van der Waals surface area (Å²) in [7, 11) is 0. The number of benzene rings is 3. The van der Waals surface area contributed by atoms with Gasteiger partial charge in [0.2, 0.25) is 0 Å². The summed E-state index contributed by atoms with van der Waals surface area (Å²) in [4.78, 5) is 2.52. The van der Waals surface area contributed by atoms with Gasteiger partial charge in [0, 0.05) is 21.4 Å². The lowest BCUT2D eigenvalue weighted by Gasteiger charge is -2.39. The first-order valence-corrected chi connectivity index (χ1v) is 11.0. The van der Waals surface area contributed by atoms with Gasteiger partial charge in [-0.1, -0.05) is 71.9 Å². The van der Waals surface area contributed by atoms with E-state index >= 15 is 0 Å². The average Bonchev–Trinajstić information content (AvgIpc) is 2.72. The Hall–Kier alpha value is -1.78. The Bertz CT molecular complexity index is 898. The lowest BCUT2D eigenvalue weighted by atomic mass is 9.81. The summed E-state index contributed by atoms with van der Waals surface area (Å²) in [6.07, 6.45) is 3.38. The summed E-state index contributed by atoms with van der Waals surface area (Å²) < 4.78 is 0. The van der Waals surface area contributed by atoms with E-state index < -0.39 is 0 Å². The molecule has 1 saturated heterocycles. The van der Waals surface area contributed by atoms with E-state index in [2.05, 4.69) is 66.7 Å². The number of nitrogens with two attached hydrogens (primary N) is 1. The molecule has 0 amide bonds. The monoisotopic (exact) mass is 408 g/mol. The van der Waals surface area contributed by atoms with Crippen LogP contribution in [0.4, 0.5) is 0 Å². The second-order valence-electron chi connectivity index (χ2n) is 7.36. The Balaban J connectivity index is 1.58. The van der Waals surface area contributed by atoms with Crippen molar-refractivity contribution >= 4 is 23.4 Å². The van der Waals surface area contributed by atoms with Crippen LogP contribution in [-0.4, -0.2) is 11.6 Å². The van der Waals surface area contributed by atoms with Crippen LogP contribution in [0, 0.1) is 5.92 Å². The van der Waals surface area contributed by atoms with Crippen LogP contribution in [0.25, 0.3) is 0 Å². The Kier molecular flexibility index (Phi) is 6.38. The van der Waals surface area contributed by atoms with E-state index in [4.69, 9.17) is 17.4 Å². The molecule has 144 valence electrons. The van der Waals surface area contributed by atoms with E-state index in [1.54, 1.807) is 11.8 Å². The zero-order valence-electron chi connectivity index (χ0n) is 15.8. The maximum atomic E-state index is 6.45. The minimum Gasteiger partial charge on any atom is -0.268 e. The van der Waals surface area contributed by atoms with E-state index in [1.807, 2.05) is 17.1 Å². The predicted molar refractivity (Wildman–Crippen MR) is 119 cm³/mol. The fourth-order valence-corrected chi connectivity index (χ4v) is 5.20. The molecule has 0 aliphatic carbocycles. The van der Waals surface area contributed by atoms with Crippen molar-refractivity contribution in [3.63, 3.8) is 0 Å². The molecular formula is C24H25ClN2S. The van der Waals surface area contributed by atoms with Gasteiger partial charge in [-0.3, -0.25) is 5.84 Å². The van der Waals surface area contributed by atoms with Gasteiger partial charge in [-0.25, -0.2) is 5.01 Å². The first-order chi connectivity index (χ1) is 13.7. The van der Waals surface area contributed by atoms with Gasteiger partial charge in [0.25, 0.3) is 0 Å². The highest BCUT2D eigenvalue weighted by Crippen LogP contribution is 2.39. The first-order valence-electron chi connectivity index (χ1n) is 9.78.